The first-order valence-electron chi connectivity index (χ1n) is 10.7. The van der Waals surface area contributed by atoms with E-state index in [2.05, 4.69) is 20.1 Å². The predicted molar refractivity (Wildman–Crippen MR) is 126 cm³/mol. The van der Waals surface area contributed by atoms with Crippen molar-refractivity contribution in [3.05, 3.63) is 40.6 Å². The average molecular weight is 603 g/mol. The molecule has 1 fully saturated rings. The van der Waals surface area contributed by atoms with Gasteiger partial charge in [-0.2, -0.15) is 21.6 Å². The van der Waals surface area contributed by atoms with E-state index in [1.54, 1.807) is 0 Å². The van der Waals surface area contributed by atoms with E-state index in [9.17, 15) is 26.4 Å². The second-order valence-corrected chi connectivity index (χ2v) is 12.2. The van der Waals surface area contributed by atoms with Gasteiger partial charge in [-0.15, -0.1) is 11.8 Å². The molecular formula is C22H26BrF3O7S2. The highest BCUT2D eigenvalue weighted by Crippen LogP contribution is 2.53. The van der Waals surface area contributed by atoms with Crippen molar-refractivity contribution in [1.29, 1.82) is 0 Å². The minimum absolute atomic E-state index is 0.0183. The fraction of sp³-hybridized carbons (Fsp3) is 0.591. The van der Waals surface area contributed by atoms with E-state index < -0.39 is 38.7 Å². The molecule has 0 aliphatic heterocycles. The zero-order valence-electron chi connectivity index (χ0n) is 19.2. The third-order valence-corrected chi connectivity index (χ3v) is 9.71. The fourth-order valence-electron chi connectivity index (χ4n) is 4.57. The third-order valence-electron chi connectivity index (χ3n) is 6.29. The molecular weight excluding hydrogens is 577 g/mol. The highest BCUT2D eigenvalue weighted by molar-refractivity contribution is 9.10. The molecule has 35 heavy (non-hydrogen) atoms. The van der Waals surface area contributed by atoms with Crippen LogP contribution in [0.5, 0.6) is 0 Å². The molecule has 1 aromatic carbocycles. The smallest absolute Gasteiger partial charge is 0.468 e. The van der Waals surface area contributed by atoms with Crippen molar-refractivity contribution in [3.63, 3.8) is 0 Å². The van der Waals surface area contributed by atoms with Crippen LogP contribution >= 0.6 is 27.7 Å². The maximum Gasteiger partial charge on any atom is 0.534 e. The molecule has 196 valence electrons. The van der Waals surface area contributed by atoms with Gasteiger partial charge in [-0.25, -0.2) is 0 Å². The average Bonchev–Trinajstić information content (AvgIpc) is 2.79. The lowest BCUT2D eigenvalue weighted by Crippen LogP contribution is -2.48. The van der Waals surface area contributed by atoms with Crippen LogP contribution in [0.1, 0.15) is 26.2 Å². The number of ether oxygens (including phenoxy) is 3. The van der Waals surface area contributed by atoms with Crippen molar-refractivity contribution < 1.29 is 44.8 Å². The van der Waals surface area contributed by atoms with Crippen LogP contribution in [0.15, 0.2) is 45.5 Å². The number of carbonyl (C=O) groups excluding carboxylic acids is 1. The number of allylic oxidation sites excluding steroid dienone is 1. The number of hydrogen-bond donors (Lipinski definition) is 0. The van der Waals surface area contributed by atoms with Crippen LogP contribution in [0.4, 0.5) is 13.2 Å². The number of alkyl halides is 3. The molecule has 0 N–H and O–H groups in total. The summed E-state index contributed by atoms with van der Waals surface area (Å²) in [5.74, 6) is -2.05. The number of hydrogen-bond acceptors (Lipinski definition) is 8. The van der Waals surface area contributed by atoms with Gasteiger partial charge in [-0.1, -0.05) is 12.1 Å². The van der Waals surface area contributed by atoms with E-state index in [0.29, 0.717) is 12.8 Å². The number of carbonyl (C=O) groups is 1. The van der Waals surface area contributed by atoms with Crippen LogP contribution in [-0.2, 0) is 33.3 Å². The summed E-state index contributed by atoms with van der Waals surface area (Å²) in [5, 5.41) is -0.322. The van der Waals surface area contributed by atoms with Gasteiger partial charge in [0.2, 0.25) is 0 Å². The molecule has 0 saturated heterocycles. The van der Waals surface area contributed by atoms with E-state index in [0.717, 1.165) is 16.5 Å². The lowest BCUT2D eigenvalue weighted by Gasteiger charge is -2.47. The highest BCUT2D eigenvalue weighted by Gasteiger charge is 2.56. The Balaban J connectivity index is 2.08. The molecule has 1 aromatic rings. The Kier molecular flexibility index (Phi) is 8.89. The molecule has 0 spiro atoms. The Hall–Kier alpha value is -1.28. The molecule has 1 saturated carbocycles. The van der Waals surface area contributed by atoms with Crippen LogP contribution in [0.2, 0.25) is 0 Å². The summed E-state index contributed by atoms with van der Waals surface area (Å²) in [7, 11) is -3.42. The Labute approximate surface area is 215 Å². The molecule has 5 atom stereocenters. The van der Waals surface area contributed by atoms with Gasteiger partial charge in [0.05, 0.1) is 13.2 Å². The van der Waals surface area contributed by atoms with Crippen molar-refractivity contribution in [2.75, 3.05) is 21.0 Å². The van der Waals surface area contributed by atoms with Crippen molar-refractivity contribution in [2.45, 2.75) is 47.9 Å². The van der Waals surface area contributed by atoms with Gasteiger partial charge in [-0.3, -0.25) is 4.79 Å². The first-order valence-corrected chi connectivity index (χ1v) is 13.8. The van der Waals surface area contributed by atoms with Crippen LogP contribution in [0.3, 0.4) is 0 Å². The van der Waals surface area contributed by atoms with Crippen molar-refractivity contribution in [2.24, 2.45) is 17.3 Å². The number of benzene rings is 1. The Bertz CT molecular complexity index is 1060. The van der Waals surface area contributed by atoms with Crippen LogP contribution in [-0.4, -0.2) is 52.3 Å². The van der Waals surface area contributed by atoms with Crippen LogP contribution in [0.25, 0.3) is 0 Å². The number of methoxy groups -OCH3 is 2. The molecule has 0 amide bonds. The number of halogens is 4. The number of thioether (sulfide) groups is 1. The van der Waals surface area contributed by atoms with Gasteiger partial charge in [0.1, 0.15) is 18.0 Å². The van der Waals surface area contributed by atoms with Crippen LogP contribution in [0, 0.1) is 17.3 Å². The van der Waals surface area contributed by atoms with Gasteiger partial charge >= 0.3 is 21.6 Å². The lowest BCUT2D eigenvalue weighted by molar-refractivity contribution is -0.153. The van der Waals surface area contributed by atoms with Gasteiger partial charge < -0.3 is 18.4 Å². The highest BCUT2D eigenvalue weighted by atomic mass is 79.9. The Morgan fingerprint density at radius 3 is 2.51 bits per heavy atom. The molecule has 2 aliphatic rings. The Morgan fingerprint density at radius 1 is 1.23 bits per heavy atom. The molecule has 0 bridgehead atoms. The summed E-state index contributed by atoms with van der Waals surface area (Å²) in [5.41, 5.74) is -7.35. The van der Waals surface area contributed by atoms with Gasteiger partial charge in [0.15, 0.2) is 0 Å². The Morgan fingerprint density at radius 2 is 1.91 bits per heavy atom. The first kappa shape index (κ1) is 28.3. The topological polar surface area (TPSA) is 88.1 Å². The SMILES string of the molecule is COCO[C@H]1CC[C@H]2C[C@@](C)(C(=O)OC)C(OS(=O)(=O)C(F)(F)F)=C[C@@H]2[C@@H]1Sc1ccccc1Br. The zero-order chi connectivity index (χ0) is 26.0. The van der Waals surface area contributed by atoms with E-state index >= 15 is 0 Å². The molecule has 13 heteroatoms. The quantitative estimate of drug-likeness (QED) is 0.172. The summed E-state index contributed by atoms with van der Waals surface area (Å²) >= 11 is 4.97. The first-order chi connectivity index (χ1) is 16.3. The van der Waals surface area contributed by atoms with Gasteiger partial charge in [-0.05, 0) is 72.2 Å². The largest absolute Gasteiger partial charge is 0.534 e. The number of esters is 1. The van der Waals surface area contributed by atoms with E-state index in [1.165, 1.54) is 31.9 Å². The van der Waals surface area contributed by atoms with Gasteiger partial charge in [0, 0.05) is 21.7 Å². The monoisotopic (exact) mass is 602 g/mol. The minimum Gasteiger partial charge on any atom is -0.468 e. The summed E-state index contributed by atoms with van der Waals surface area (Å²) in [6.07, 6.45) is 2.29. The fourth-order valence-corrected chi connectivity index (χ4v) is 7.16. The van der Waals surface area contributed by atoms with Crippen molar-refractivity contribution in [1.82, 2.24) is 0 Å². The minimum atomic E-state index is -6.00. The second kappa shape index (κ2) is 11.0. The summed E-state index contributed by atoms with van der Waals surface area (Å²) in [6, 6.07) is 7.46. The summed E-state index contributed by atoms with van der Waals surface area (Å²) in [6.45, 7) is 1.36. The summed E-state index contributed by atoms with van der Waals surface area (Å²) in [4.78, 5) is 13.5. The third kappa shape index (κ3) is 6.00. The van der Waals surface area contributed by atoms with Crippen molar-refractivity contribution in [3.8, 4) is 0 Å². The molecule has 0 radical (unpaired) electrons. The molecule has 0 aromatic heterocycles. The van der Waals surface area contributed by atoms with E-state index in [4.69, 9.17) is 14.2 Å². The standard InChI is InChI=1S/C22H26BrF3O7S2/c1-21(20(27)31-3)11-13-8-9-16(32-12-30-2)19(34-17-7-5-4-6-15(17)23)14(13)10-18(21)33-35(28,29)22(24,25)26/h4-7,10,13-14,16,19H,8-9,11-12H2,1-3H3/t13-,14-,16-,19-,21+/m0/s1. The maximum absolute atomic E-state index is 13.2. The number of rotatable bonds is 8. The van der Waals surface area contributed by atoms with Crippen molar-refractivity contribution >= 4 is 43.8 Å². The lowest BCUT2D eigenvalue weighted by atomic mass is 9.64. The zero-order valence-corrected chi connectivity index (χ0v) is 22.4. The normalized spacial score (nSPS) is 29.2. The number of fused-ring (bicyclic) bond motifs is 1. The molecule has 0 unspecified atom stereocenters. The van der Waals surface area contributed by atoms with E-state index in [1.807, 2.05) is 24.3 Å². The second-order valence-electron chi connectivity index (χ2n) is 8.58. The van der Waals surface area contributed by atoms with Crippen LogP contribution < -0.4 is 0 Å². The van der Waals surface area contributed by atoms with Gasteiger partial charge in [0.25, 0.3) is 0 Å². The molecule has 0 heterocycles. The molecule has 7 nitrogen and oxygen atoms in total. The molecule has 2 aliphatic carbocycles. The molecule has 3 rings (SSSR count). The summed E-state index contributed by atoms with van der Waals surface area (Å²) < 4.78 is 84.5. The van der Waals surface area contributed by atoms with E-state index in [-0.39, 0.29) is 30.5 Å². The predicted octanol–water partition coefficient (Wildman–Crippen LogP) is 5.26. The maximum atomic E-state index is 13.2.